The van der Waals surface area contributed by atoms with Crippen molar-refractivity contribution in [1.82, 2.24) is 19.9 Å². The molecule has 0 aliphatic carbocycles. The number of piperazine rings is 1. The van der Waals surface area contributed by atoms with Crippen LogP contribution in [0.25, 0.3) is 10.9 Å². The Labute approximate surface area is 117 Å². The SMILES string of the molecule is CN1CCN(Nc2nc(Cl)nc3ccccc23)CC1. The highest BCUT2D eigenvalue weighted by Gasteiger charge is 2.15. The highest BCUT2D eigenvalue weighted by Crippen LogP contribution is 2.22. The summed E-state index contributed by atoms with van der Waals surface area (Å²) in [6.07, 6.45) is 0. The molecule has 0 bridgehead atoms. The molecule has 0 amide bonds. The monoisotopic (exact) mass is 277 g/mol. The summed E-state index contributed by atoms with van der Waals surface area (Å²) < 4.78 is 0. The van der Waals surface area contributed by atoms with Crippen molar-refractivity contribution in [3.63, 3.8) is 0 Å². The summed E-state index contributed by atoms with van der Waals surface area (Å²) in [4.78, 5) is 10.8. The van der Waals surface area contributed by atoms with Gasteiger partial charge in [0, 0.05) is 31.6 Å². The van der Waals surface area contributed by atoms with Crippen LogP contribution in [0.3, 0.4) is 0 Å². The van der Waals surface area contributed by atoms with Crippen molar-refractivity contribution in [2.45, 2.75) is 0 Å². The molecule has 19 heavy (non-hydrogen) atoms. The summed E-state index contributed by atoms with van der Waals surface area (Å²) in [5.41, 5.74) is 4.22. The zero-order valence-corrected chi connectivity index (χ0v) is 11.6. The lowest BCUT2D eigenvalue weighted by Gasteiger charge is -2.32. The van der Waals surface area contributed by atoms with Gasteiger partial charge in [-0.05, 0) is 30.8 Å². The maximum absolute atomic E-state index is 5.98. The third kappa shape index (κ3) is 2.78. The Morgan fingerprint density at radius 1 is 1.11 bits per heavy atom. The molecular formula is C13H16ClN5. The third-order valence-corrected chi connectivity index (χ3v) is 3.51. The molecule has 0 radical (unpaired) electrons. The summed E-state index contributed by atoms with van der Waals surface area (Å²) >= 11 is 5.98. The average Bonchev–Trinajstić information content (AvgIpc) is 2.41. The fourth-order valence-corrected chi connectivity index (χ4v) is 2.38. The van der Waals surface area contributed by atoms with Crippen molar-refractivity contribution < 1.29 is 0 Å². The van der Waals surface area contributed by atoms with E-state index in [1.807, 2.05) is 24.3 Å². The van der Waals surface area contributed by atoms with Crippen molar-refractivity contribution in [2.75, 3.05) is 38.7 Å². The molecule has 1 saturated heterocycles. The average molecular weight is 278 g/mol. The first-order valence-electron chi connectivity index (χ1n) is 6.35. The standard InChI is InChI=1S/C13H16ClN5/c1-18-6-8-19(9-7-18)17-12-10-4-2-3-5-11(10)15-13(14)16-12/h2-5H,6-9H2,1H3,(H,15,16,17). The smallest absolute Gasteiger partial charge is 0.224 e. The number of nitrogens with one attached hydrogen (secondary N) is 1. The normalized spacial score (nSPS) is 17.8. The number of halogens is 1. The summed E-state index contributed by atoms with van der Waals surface area (Å²) in [5, 5.41) is 3.44. The lowest BCUT2D eigenvalue weighted by Crippen LogP contribution is -2.47. The fraction of sp³-hybridized carbons (Fsp3) is 0.385. The first-order chi connectivity index (χ1) is 9.22. The van der Waals surface area contributed by atoms with Gasteiger partial charge in [0.25, 0.3) is 0 Å². The number of benzene rings is 1. The molecule has 0 atom stereocenters. The molecule has 0 saturated carbocycles. The van der Waals surface area contributed by atoms with Crippen LogP contribution in [0.5, 0.6) is 0 Å². The van der Waals surface area contributed by atoms with E-state index in [-0.39, 0.29) is 5.28 Å². The lowest BCUT2D eigenvalue weighted by atomic mass is 10.2. The van der Waals surface area contributed by atoms with Gasteiger partial charge < -0.3 is 10.3 Å². The van der Waals surface area contributed by atoms with E-state index in [1.165, 1.54) is 0 Å². The van der Waals surface area contributed by atoms with E-state index < -0.39 is 0 Å². The van der Waals surface area contributed by atoms with E-state index in [0.717, 1.165) is 42.9 Å². The number of anilines is 1. The fourth-order valence-electron chi connectivity index (χ4n) is 2.20. The van der Waals surface area contributed by atoms with Gasteiger partial charge in [-0.25, -0.2) is 9.99 Å². The van der Waals surface area contributed by atoms with Crippen molar-refractivity contribution in [2.24, 2.45) is 0 Å². The zero-order chi connectivity index (χ0) is 13.2. The summed E-state index contributed by atoms with van der Waals surface area (Å²) in [5.74, 6) is 0.778. The highest BCUT2D eigenvalue weighted by molar-refractivity contribution is 6.28. The number of rotatable bonds is 2. The van der Waals surface area contributed by atoms with E-state index in [4.69, 9.17) is 11.6 Å². The number of likely N-dealkylation sites (N-methyl/N-ethyl adjacent to an activating group) is 1. The third-order valence-electron chi connectivity index (χ3n) is 3.34. The molecule has 1 aliphatic rings. The van der Waals surface area contributed by atoms with Crippen LogP contribution in [-0.4, -0.2) is 53.1 Å². The van der Waals surface area contributed by atoms with Gasteiger partial charge in [0.15, 0.2) is 5.82 Å². The van der Waals surface area contributed by atoms with Gasteiger partial charge in [0.05, 0.1) is 5.52 Å². The van der Waals surface area contributed by atoms with Crippen LogP contribution in [0.4, 0.5) is 5.82 Å². The number of aromatic nitrogens is 2. The van der Waals surface area contributed by atoms with Gasteiger partial charge in [-0.3, -0.25) is 0 Å². The molecule has 1 fully saturated rings. The summed E-state index contributed by atoms with van der Waals surface area (Å²) in [6.45, 7) is 4.02. The Bertz CT molecular complexity index is 580. The van der Waals surface area contributed by atoms with Crippen LogP contribution in [0.15, 0.2) is 24.3 Å². The number of fused-ring (bicyclic) bond motifs is 1. The maximum atomic E-state index is 5.98. The second kappa shape index (κ2) is 5.28. The lowest BCUT2D eigenvalue weighted by molar-refractivity contribution is 0.178. The maximum Gasteiger partial charge on any atom is 0.224 e. The van der Waals surface area contributed by atoms with E-state index >= 15 is 0 Å². The van der Waals surface area contributed by atoms with Crippen LogP contribution in [-0.2, 0) is 0 Å². The minimum atomic E-state index is 0.273. The van der Waals surface area contributed by atoms with Crippen LogP contribution in [0, 0.1) is 0 Å². The highest BCUT2D eigenvalue weighted by atomic mass is 35.5. The van der Waals surface area contributed by atoms with E-state index in [9.17, 15) is 0 Å². The number of para-hydroxylation sites is 1. The van der Waals surface area contributed by atoms with Gasteiger partial charge in [-0.15, -0.1) is 0 Å². The Kier molecular flexibility index (Phi) is 3.50. The molecule has 2 aromatic rings. The first kappa shape index (κ1) is 12.6. The van der Waals surface area contributed by atoms with Gasteiger partial charge >= 0.3 is 0 Å². The number of hydrogen-bond donors (Lipinski definition) is 1. The molecule has 100 valence electrons. The van der Waals surface area contributed by atoms with Gasteiger partial charge in [0.2, 0.25) is 5.28 Å². The molecule has 1 N–H and O–H groups in total. The van der Waals surface area contributed by atoms with E-state index in [2.05, 4.69) is 32.4 Å². The van der Waals surface area contributed by atoms with Gasteiger partial charge in [-0.2, -0.15) is 4.98 Å². The van der Waals surface area contributed by atoms with Gasteiger partial charge in [-0.1, -0.05) is 12.1 Å². The van der Waals surface area contributed by atoms with Crippen molar-refractivity contribution in [3.05, 3.63) is 29.5 Å². The summed E-state index contributed by atoms with van der Waals surface area (Å²) in [6, 6.07) is 7.88. The predicted molar refractivity (Wildman–Crippen MR) is 77.2 cm³/mol. The Hall–Kier alpha value is -1.43. The Balaban J connectivity index is 1.88. The largest absolute Gasteiger partial charge is 0.304 e. The number of hydrogen-bond acceptors (Lipinski definition) is 5. The minimum Gasteiger partial charge on any atom is -0.304 e. The second-order valence-electron chi connectivity index (χ2n) is 4.76. The topological polar surface area (TPSA) is 44.3 Å². The Morgan fingerprint density at radius 3 is 2.63 bits per heavy atom. The minimum absolute atomic E-state index is 0.273. The molecule has 6 heteroatoms. The molecule has 3 rings (SSSR count). The molecular weight excluding hydrogens is 262 g/mol. The first-order valence-corrected chi connectivity index (χ1v) is 6.72. The molecule has 0 spiro atoms. The van der Waals surface area contributed by atoms with E-state index in [0.29, 0.717) is 0 Å². The molecule has 2 heterocycles. The number of nitrogens with zero attached hydrogens (tertiary/aromatic N) is 4. The van der Waals surface area contributed by atoms with Crippen molar-refractivity contribution in [3.8, 4) is 0 Å². The molecule has 1 aromatic carbocycles. The van der Waals surface area contributed by atoms with Crippen LogP contribution >= 0.6 is 11.6 Å². The van der Waals surface area contributed by atoms with Gasteiger partial charge in [0.1, 0.15) is 0 Å². The van der Waals surface area contributed by atoms with Crippen molar-refractivity contribution in [1.29, 1.82) is 0 Å². The Morgan fingerprint density at radius 2 is 1.84 bits per heavy atom. The van der Waals surface area contributed by atoms with E-state index in [1.54, 1.807) is 0 Å². The molecule has 1 aromatic heterocycles. The second-order valence-corrected chi connectivity index (χ2v) is 5.10. The quantitative estimate of drug-likeness (QED) is 0.849. The molecule has 1 aliphatic heterocycles. The zero-order valence-electron chi connectivity index (χ0n) is 10.8. The molecule has 0 unspecified atom stereocenters. The molecule has 5 nitrogen and oxygen atoms in total. The number of hydrazine groups is 1. The van der Waals surface area contributed by atoms with Crippen LogP contribution < -0.4 is 5.43 Å². The van der Waals surface area contributed by atoms with Crippen LogP contribution in [0.1, 0.15) is 0 Å². The van der Waals surface area contributed by atoms with Crippen LogP contribution in [0.2, 0.25) is 5.28 Å². The van der Waals surface area contributed by atoms with Crippen molar-refractivity contribution >= 4 is 28.3 Å². The summed E-state index contributed by atoms with van der Waals surface area (Å²) in [7, 11) is 2.13. The predicted octanol–water partition coefficient (Wildman–Crippen LogP) is 1.86.